The molecule has 0 spiro atoms. The number of hydrogen-bond acceptors (Lipinski definition) is 4. The Morgan fingerprint density at radius 3 is 2.38 bits per heavy atom. The lowest BCUT2D eigenvalue weighted by atomic mass is 10.2. The summed E-state index contributed by atoms with van der Waals surface area (Å²) < 4.78 is 44.1. The van der Waals surface area contributed by atoms with E-state index in [-0.39, 0.29) is 29.8 Å². The Kier molecular flexibility index (Phi) is 7.02. The molecular formula is C18H19FN2O4S. The highest BCUT2D eigenvalue weighted by Crippen LogP contribution is 2.14. The summed E-state index contributed by atoms with van der Waals surface area (Å²) >= 11 is 0. The van der Waals surface area contributed by atoms with Gasteiger partial charge in [0, 0.05) is 25.4 Å². The van der Waals surface area contributed by atoms with Gasteiger partial charge >= 0.3 is 0 Å². The number of halogens is 1. The number of ether oxygens (including phenoxy) is 1. The molecule has 0 unspecified atom stereocenters. The summed E-state index contributed by atoms with van der Waals surface area (Å²) in [6, 6.07) is 11.5. The Morgan fingerprint density at radius 2 is 1.77 bits per heavy atom. The third kappa shape index (κ3) is 6.07. The van der Waals surface area contributed by atoms with Crippen molar-refractivity contribution in [2.24, 2.45) is 0 Å². The van der Waals surface area contributed by atoms with Gasteiger partial charge in [0.2, 0.25) is 15.9 Å². The highest BCUT2D eigenvalue weighted by molar-refractivity contribution is 7.89. The molecule has 2 rings (SSSR count). The summed E-state index contributed by atoms with van der Waals surface area (Å²) in [6.45, 7) is 0.444. The Balaban J connectivity index is 1.95. The second-order valence-electron chi connectivity index (χ2n) is 5.29. The molecule has 26 heavy (non-hydrogen) atoms. The Bertz CT molecular complexity index is 863. The number of sulfonamides is 1. The smallest absolute Gasteiger partial charge is 0.248 e. The molecule has 0 radical (unpaired) electrons. The standard InChI is InChI=1S/C18H19FN2O4S/c1-25-13-12-20-26(23,24)17-9-7-16(8-10-17)21-18(22)11-4-14-2-5-15(19)6-3-14/h2-11,20H,12-13H2,1H3,(H,21,22)/b11-4+. The zero-order chi connectivity index (χ0) is 19.0. The monoisotopic (exact) mass is 378 g/mol. The average molecular weight is 378 g/mol. The van der Waals surface area contributed by atoms with Gasteiger partial charge in [-0.3, -0.25) is 4.79 Å². The maximum Gasteiger partial charge on any atom is 0.248 e. The predicted molar refractivity (Wildman–Crippen MR) is 97.6 cm³/mol. The first-order chi connectivity index (χ1) is 12.4. The minimum atomic E-state index is -3.61. The van der Waals surface area contributed by atoms with Crippen LogP contribution < -0.4 is 10.0 Å². The van der Waals surface area contributed by atoms with Gasteiger partial charge < -0.3 is 10.1 Å². The number of carbonyl (C=O) groups excluding carboxylic acids is 1. The SMILES string of the molecule is COCCNS(=O)(=O)c1ccc(NC(=O)/C=C/c2ccc(F)cc2)cc1. The fourth-order valence-electron chi connectivity index (χ4n) is 2.01. The van der Waals surface area contributed by atoms with Gasteiger partial charge in [-0.15, -0.1) is 0 Å². The third-order valence-electron chi connectivity index (χ3n) is 3.33. The molecule has 0 aromatic heterocycles. The van der Waals surface area contributed by atoms with Crippen molar-refractivity contribution in [3.63, 3.8) is 0 Å². The minimum absolute atomic E-state index is 0.0912. The molecule has 2 N–H and O–H groups in total. The van der Waals surface area contributed by atoms with Crippen LogP contribution in [0, 0.1) is 5.82 Å². The summed E-state index contributed by atoms with van der Waals surface area (Å²) in [7, 11) is -2.13. The van der Waals surface area contributed by atoms with Gasteiger partial charge in [0.15, 0.2) is 0 Å². The molecule has 0 heterocycles. The summed E-state index contributed by atoms with van der Waals surface area (Å²) in [5.74, 6) is -0.735. The lowest BCUT2D eigenvalue weighted by Gasteiger charge is -2.07. The maximum absolute atomic E-state index is 12.8. The summed E-state index contributed by atoms with van der Waals surface area (Å²) in [5, 5.41) is 2.62. The number of hydrogen-bond donors (Lipinski definition) is 2. The van der Waals surface area contributed by atoms with E-state index in [0.29, 0.717) is 11.3 Å². The van der Waals surface area contributed by atoms with Crippen molar-refractivity contribution < 1.29 is 22.3 Å². The van der Waals surface area contributed by atoms with Crippen LogP contribution in [0.4, 0.5) is 10.1 Å². The number of methoxy groups -OCH3 is 1. The van der Waals surface area contributed by atoms with Crippen LogP contribution in [0.2, 0.25) is 0 Å². The molecule has 0 aliphatic carbocycles. The molecule has 0 atom stereocenters. The second-order valence-corrected chi connectivity index (χ2v) is 7.06. The average Bonchev–Trinajstić information content (AvgIpc) is 2.62. The second kappa shape index (κ2) is 9.23. The van der Waals surface area contributed by atoms with Crippen LogP contribution in [-0.4, -0.2) is 34.6 Å². The normalized spacial score (nSPS) is 11.6. The lowest BCUT2D eigenvalue weighted by molar-refractivity contribution is -0.111. The Morgan fingerprint density at radius 1 is 1.12 bits per heavy atom. The molecule has 138 valence electrons. The summed E-state index contributed by atoms with van der Waals surface area (Å²) in [6.07, 6.45) is 2.86. The quantitative estimate of drug-likeness (QED) is 0.546. The van der Waals surface area contributed by atoms with Crippen molar-refractivity contribution in [1.29, 1.82) is 0 Å². The van der Waals surface area contributed by atoms with Crippen molar-refractivity contribution in [3.05, 3.63) is 66.0 Å². The minimum Gasteiger partial charge on any atom is -0.383 e. The fourth-order valence-corrected chi connectivity index (χ4v) is 3.02. The van der Waals surface area contributed by atoms with Gasteiger partial charge in [0.1, 0.15) is 5.82 Å². The first-order valence-corrected chi connectivity index (χ1v) is 9.22. The van der Waals surface area contributed by atoms with Gasteiger partial charge in [-0.1, -0.05) is 12.1 Å². The molecule has 0 saturated heterocycles. The van der Waals surface area contributed by atoms with E-state index >= 15 is 0 Å². The predicted octanol–water partition coefficient (Wildman–Crippen LogP) is 2.40. The number of benzene rings is 2. The Hall–Kier alpha value is -2.55. The van der Waals surface area contributed by atoms with E-state index < -0.39 is 10.0 Å². The summed E-state index contributed by atoms with van der Waals surface area (Å²) in [5.41, 5.74) is 1.14. The number of amides is 1. The molecule has 2 aromatic rings. The van der Waals surface area contributed by atoms with Crippen molar-refractivity contribution in [2.45, 2.75) is 4.90 Å². The molecule has 8 heteroatoms. The highest BCUT2D eigenvalue weighted by Gasteiger charge is 2.13. The van der Waals surface area contributed by atoms with Gasteiger partial charge in [0.25, 0.3) is 0 Å². The first-order valence-electron chi connectivity index (χ1n) is 7.74. The van der Waals surface area contributed by atoms with Crippen LogP contribution in [0.15, 0.2) is 59.5 Å². The molecule has 0 bridgehead atoms. The van der Waals surface area contributed by atoms with E-state index in [1.807, 2.05) is 0 Å². The molecule has 2 aromatic carbocycles. The Labute approximate surface area is 151 Å². The fraction of sp³-hybridized carbons (Fsp3) is 0.167. The number of anilines is 1. The van der Waals surface area contributed by atoms with E-state index in [9.17, 15) is 17.6 Å². The largest absolute Gasteiger partial charge is 0.383 e. The molecular weight excluding hydrogens is 359 g/mol. The highest BCUT2D eigenvalue weighted by atomic mass is 32.2. The van der Waals surface area contributed by atoms with E-state index in [0.717, 1.165) is 0 Å². The van der Waals surface area contributed by atoms with Crippen molar-refractivity contribution in [1.82, 2.24) is 4.72 Å². The molecule has 0 aliphatic rings. The van der Waals surface area contributed by atoms with Crippen molar-refractivity contribution in [3.8, 4) is 0 Å². The number of carbonyl (C=O) groups is 1. The molecule has 0 aliphatic heterocycles. The van der Waals surface area contributed by atoms with Crippen LogP contribution in [0.1, 0.15) is 5.56 Å². The molecule has 1 amide bonds. The van der Waals surface area contributed by atoms with Crippen LogP contribution >= 0.6 is 0 Å². The molecule has 6 nitrogen and oxygen atoms in total. The zero-order valence-electron chi connectivity index (χ0n) is 14.1. The van der Waals surface area contributed by atoms with Crippen molar-refractivity contribution in [2.75, 3.05) is 25.6 Å². The van der Waals surface area contributed by atoms with Gasteiger partial charge in [-0.25, -0.2) is 17.5 Å². The van der Waals surface area contributed by atoms with E-state index in [4.69, 9.17) is 4.74 Å². The molecule has 0 saturated carbocycles. The van der Waals surface area contributed by atoms with E-state index in [1.54, 1.807) is 18.2 Å². The van der Waals surface area contributed by atoms with Gasteiger partial charge in [-0.2, -0.15) is 0 Å². The van der Waals surface area contributed by atoms with E-state index in [1.165, 1.54) is 49.6 Å². The van der Waals surface area contributed by atoms with Crippen LogP contribution in [0.3, 0.4) is 0 Å². The van der Waals surface area contributed by atoms with Crippen molar-refractivity contribution >= 4 is 27.7 Å². The third-order valence-corrected chi connectivity index (χ3v) is 4.80. The zero-order valence-corrected chi connectivity index (χ0v) is 14.9. The first kappa shape index (κ1) is 19.8. The lowest BCUT2D eigenvalue weighted by Crippen LogP contribution is -2.27. The number of nitrogens with one attached hydrogen (secondary N) is 2. The van der Waals surface area contributed by atoms with Crippen LogP contribution in [-0.2, 0) is 19.6 Å². The summed E-state index contributed by atoms with van der Waals surface area (Å²) in [4.78, 5) is 12.0. The topological polar surface area (TPSA) is 84.5 Å². The van der Waals surface area contributed by atoms with E-state index in [2.05, 4.69) is 10.0 Å². The molecule has 0 fully saturated rings. The van der Waals surface area contributed by atoms with Gasteiger partial charge in [-0.05, 0) is 48.0 Å². The van der Waals surface area contributed by atoms with Crippen LogP contribution in [0.25, 0.3) is 6.08 Å². The number of rotatable bonds is 8. The van der Waals surface area contributed by atoms with Crippen LogP contribution in [0.5, 0.6) is 0 Å². The van der Waals surface area contributed by atoms with Gasteiger partial charge in [0.05, 0.1) is 11.5 Å². The maximum atomic E-state index is 12.8.